The molecule has 2 rings (SSSR count). The van der Waals surface area contributed by atoms with Crippen LogP contribution in [0.3, 0.4) is 0 Å². The lowest BCUT2D eigenvalue weighted by molar-refractivity contribution is 0.118. The molecular weight excluding hydrogens is 162 g/mol. The van der Waals surface area contributed by atoms with Crippen molar-refractivity contribution in [1.82, 2.24) is 10.2 Å². The van der Waals surface area contributed by atoms with Crippen molar-refractivity contribution in [2.45, 2.75) is 12.8 Å². The Morgan fingerprint density at radius 2 is 2.23 bits per heavy atom. The van der Waals surface area contributed by atoms with E-state index >= 15 is 0 Å². The van der Waals surface area contributed by atoms with Gasteiger partial charge >= 0.3 is 0 Å². The topological polar surface area (TPSA) is 39.1 Å². The van der Waals surface area contributed by atoms with Crippen LogP contribution in [0.2, 0.25) is 0 Å². The van der Waals surface area contributed by atoms with Crippen LogP contribution in [0.4, 0.5) is 0 Å². The molecule has 1 atom stereocenters. The van der Waals surface area contributed by atoms with E-state index < -0.39 is 0 Å². The quantitative estimate of drug-likeness (QED) is 0.625. The number of piperidine rings is 1. The molecule has 0 aromatic rings. The van der Waals surface area contributed by atoms with Crippen molar-refractivity contribution in [3.8, 4) is 6.07 Å². The Kier molecular flexibility index (Phi) is 2.82. The van der Waals surface area contributed by atoms with Gasteiger partial charge in [0, 0.05) is 6.54 Å². The molecule has 0 spiro atoms. The van der Waals surface area contributed by atoms with E-state index in [1.54, 1.807) is 0 Å². The van der Waals surface area contributed by atoms with Crippen LogP contribution in [0.15, 0.2) is 0 Å². The molecule has 0 aromatic carbocycles. The molecule has 2 aliphatic heterocycles. The predicted molar refractivity (Wildman–Crippen MR) is 51.1 cm³/mol. The van der Waals surface area contributed by atoms with Gasteiger partial charge in [0.15, 0.2) is 0 Å². The fourth-order valence-corrected chi connectivity index (χ4v) is 2.36. The number of hydrogen-bond acceptors (Lipinski definition) is 3. The highest BCUT2D eigenvalue weighted by atomic mass is 15.1. The summed E-state index contributed by atoms with van der Waals surface area (Å²) < 4.78 is 0. The summed E-state index contributed by atoms with van der Waals surface area (Å²) >= 11 is 0. The van der Waals surface area contributed by atoms with Gasteiger partial charge in [-0.1, -0.05) is 0 Å². The van der Waals surface area contributed by atoms with E-state index in [4.69, 9.17) is 5.26 Å². The zero-order valence-electron chi connectivity index (χ0n) is 8.00. The van der Waals surface area contributed by atoms with Crippen molar-refractivity contribution < 1.29 is 0 Å². The molecule has 0 aliphatic carbocycles. The molecule has 3 heteroatoms. The normalized spacial score (nSPS) is 30.8. The van der Waals surface area contributed by atoms with Crippen LogP contribution < -0.4 is 5.32 Å². The lowest BCUT2D eigenvalue weighted by atomic mass is 9.82. The standard InChI is InChI=1S/C10H17N3/c11-3-5-13-4-1-2-9(8-13)10-6-12-7-10/h9-10,12H,1-2,4-8H2/t9-/m0/s1. The van der Waals surface area contributed by atoms with E-state index in [0.717, 1.165) is 24.9 Å². The molecule has 1 N–H and O–H groups in total. The van der Waals surface area contributed by atoms with E-state index in [-0.39, 0.29) is 0 Å². The third kappa shape index (κ3) is 2.01. The summed E-state index contributed by atoms with van der Waals surface area (Å²) in [4.78, 5) is 2.30. The number of nitrogens with one attached hydrogen (secondary N) is 1. The molecule has 2 heterocycles. The second kappa shape index (κ2) is 4.08. The number of nitrogens with zero attached hydrogens (tertiary/aromatic N) is 2. The van der Waals surface area contributed by atoms with E-state index in [1.165, 1.54) is 25.9 Å². The van der Waals surface area contributed by atoms with Gasteiger partial charge in [-0.25, -0.2) is 0 Å². The van der Waals surface area contributed by atoms with Crippen molar-refractivity contribution in [3.05, 3.63) is 0 Å². The molecule has 0 saturated carbocycles. The summed E-state index contributed by atoms with van der Waals surface area (Å²) in [5, 5.41) is 11.9. The highest BCUT2D eigenvalue weighted by Crippen LogP contribution is 2.26. The second-order valence-electron chi connectivity index (χ2n) is 4.21. The number of nitriles is 1. The summed E-state index contributed by atoms with van der Waals surface area (Å²) in [6.45, 7) is 5.30. The van der Waals surface area contributed by atoms with Gasteiger partial charge in [0.2, 0.25) is 0 Å². The maximum absolute atomic E-state index is 8.61. The van der Waals surface area contributed by atoms with E-state index in [0.29, 0.717) is 6.54 Å². The minimum atomic E-state index is 0.622. The molecule has 2 fully saturated rings. The molecule has 72 valence electrons. The summed E-state index contributed by atoms with van der Waals surface area (Å²) in [6.07, 6.45) is 2.65. The third-order valence-electron chi connectivity index (χ3n) is 3.32. The molecule has 0 bridgehead atoms. The second-order valence-corrected chi connectivity index (χ2v) is 4.21. The molecular formula is C10H17N3. The highest BCUT2D eigenvalue weighted by molar-refractivity contribution is 4.88. The van der Waals surface area contributed by atoms with Gasteiger partial charge in [0.25, 0.3) is 0 Å². The fraction of sp³-hybridized carbons (Fsp3) is 0.900. The lowest BCUT2D eigenvalue weighted by Gasteiger charge is -2.40. The highest BCUT2D eigenvalue weighted by Gasteiger charge is 2.30. The van der Waals surface area contributed by atoms with Crippen LogP contribution in [0.25, 0.3) is 0 Å². The van der Waals surface area contributed by atoms with Gasteiger partial charge in [0.05, 0.1) is 12.6 Å². The Hall–Kier alpha value is -0.590. The smallest absolute Gasteiger partial charge is 0.0866 e. The summed E-state index contributed by atoms with van der Waals surface area (Å²) in [5.41, 5.74) is 0. The average Bonchev–Trinajstić information content (AvgIpc) is 2.02. The monoisotopic (exact) mass is 179 g/mol. The molecule has 0 unspecified atom stereocenters. The van der Waals surface area contributed by atoms with Gasteiger partial charge in [0.1, 0.15) is 0 Å². The third-order valence-corrected chi connectivity index (χ3v) is 3.32. The minimum Gasteiger partial charge on any atom is -0.316 e. The van der Waals surface area contributed by atoms with Gasteiger partial charge in [-0.05, 0) is 44.3 Å². The largest absolute Gasteiger partial charge is 0.316 e. The molecule has 0 radical (unpaired) electrons. The summed E-state index contributed by atoms with van der Waals surface area (Å²) in [5.74, 6) is 1.74. The maximum Gasteiger partial charge on any atom is 0.0866 e. The Bertz CT molecular complexity index is 205. The SMILES string of the molecule is N#CCN1CCC[C@H](C2CNC2)C1. The lowest BCUT2D eigenvalue weighted by Crippen LogP contribution is -2.50. The first-order valence-corrected chi connectivity index (χ1v) is 5.20. The van der Waals surface area contributed by atoms with Crippen LogP contribution in [0, 0.1) is 23.2 Å². The Morgan fingerprint density at radius 1 is 1.38 bits per heavy atom. The van der Waals surface area contributed by atoms with E-state index in [2.05, 4.69) is 16.3 Å². The Balaban J connectivity index is 1.81. The van der Waals surface area contributed by atoms with Crippen LogP contribution in [0.5, 0.6) is 0 Å². The molecule has 3 nitrogen and oxygen atoms in total. The van der Waals surface area contributed by atoms with Crippen molar-refractivity contribution in [1.29, 1.82) is 5.26 Å². The Morgan fingerprint density at radius 3 is 2.85 bits per heavy atom. The van der Waals surface area contributed by atoms with Gasteiger partial charge < -0.3 is 5.32 Å². The van der Waals surface area contributed by atoms with E-state index in [1.807, 2.05) is 0 Å². The first-order chi connectivity index (χ1) is 6.40. The van der Waals surface area contributed by atoms with Crippen molar-refractivity contribution in [2.75, 3.05) is 32.7 Å². The van der Waals surface area contributed by atoms with Crippen LogP contribution in [-0.4, -0.2) is 37.6 Å². The van der Waals surface area contributed by atoms with E-state index in [9.17, 15) is 0 Å². The molecule has 13 heavy (non-hydrogen) atoms. The van der Waals surface area contributed by atoms with Crippen molar-refractivity contribution in [3.63, 3.8) is 0 Å². The minimum absolute atomic E-state index is 0.622. The zero-order chi connectivity index (χ0) is 9.10. The number of rotatable bonds is 2. The van der Waals surface area contributed by atoms with Crippen LogP contribution in [0.1, 0.15) is 12.8 Å². The van der Waals surface area contributed by atoms with Gasteiger partial charge in [-0.3, -0.25) is 4.90 Å². The molecule has 2 aliphatic rings. The van der Waals surface area contributed by atoms with Gasteiger partial charge in [-0.2, -0.15) is 5.26 Å². The average molecular weight is 179 g/mol. The first kappa shape index (κ1) is 8.98. The number of likely N-dealkylation sites (tertiary alicyclic amines) is 1. The van der Waals surface area contributed by atoms with Crippen LogP contribution >= 0.6 is 0 Å². The van der Waals surface area contributed by atoms with Crippen LogP contribution in [-0.2, 0) is 0 Å². The van der Waals surface area contributed by atoms with Gasteiger partial charge in [-0.15, -0.1) is 0 Å². The summed E-state index contributed by atoms with van der Waals surface area (Å²) in [7, 11) is 0. The molecule has 0 aromatic heterocycles. The zero-order valence-corrected chi connectivity index (χ0v) is 8.00. The molecule has 0 amide bonds. The Labute approximate surface area is 79.7 Å². The first-order valence-electron chi connectivity index (χ1n) is 5.20. The predicted octanol–water partition coefficient (Wildman–Crippen LogP) is 0.441. The maximum atomic E-state index is 8.61. The molecule has 2 saturated heterocycles. The summed E-state index contributed by atoms with van der Waals surface area (Å²) in [6, 6.07) is 2.24. The number of hydrogen-bond donors (Lipinski definition) is 1. The van der Waals surface area contributed by atoms with Crippen molar-refractivity contribution in [2.24, 2.45) is 11.8 Å². The fourth-order valence-electron chi connectivity index (χ4n) is 2.36. The van der Waals surface area contributed by atoms with Crippen molar-refractivity contribution >= 4 is 0 Å².